The zero-order valence-corrected chi connectivity index (χ0v) is 17.1. The van der Waals surface area contributed by atoms with Gasteiger partial charge in [0.2, 0.25) is 0 Å². The van der Waals surface area contributed by atoms with Crippen LogP contribution < -0.4 is 10.5 Å². The fourth-order valence-electron chi connectivity index (χ4n) is 1.60. The zero-order chi connectivity index (χ0) is 15.8. The van der Waals surface area contributed by atoms with Crippen LogP contribution in [0, 0.1) is 3.57 Å². The van der Waals surface area contributed by atoms with Crippen molar-refractivity contribution >= 4 is 87.4 Å². The van der Waals surface area contributed by atoms with Gasteiger partial charge in [0, 0.05) is 18.2 Å². The van der Waals surface area contributed by atoms with Gasteiger partial charge in [-0.25, -0.2) is 8.42 Å². The summed E-state index contributed by atoms with van der Waals surface area (Å²) in [6.45, 7) is 0. The van der Waals surface area contributed by atoms with Crippen molar-refractivity contribution < 1.29 is 8.42 Å². The molecular formula is C12H8Br2ClIN2O2S. The molecule has 112 valence electrons. The van der Waals surface area contributed by atoms with Crippen molar-refractivity contribution in [3.8, 4) is 0 Å². The number of nitrogen functional groups attached to an aromatic ring is 1. The SMILES string of the molecule is Nc1cc(Br)c(S(=O)(=O)Nc2ccc(I)cc2Cl)c(Br)c1. The van der Waals surface area contributed by atoms with Crippen molar-refractivity contribution in [2.24, 2.45) is 0 Å². The smallest absolute Gasteiger partial charge is 0.264 e. The van der Waals surface area contributed by atoms with Gasteiger partial charge in [0.25, 0.3) is 10.0 Å². The molecule has 0 radical (unpaired) electrons. The van der Waals surface area contributed by atoms with Crippen molar-refractivity contribution in [3.63, 3.8) is 0 Å². The topological polar surface area (TPSA) is 72.2 Å². The van der Waals surface area contributed by atoms with Gasteiger partial charge < -0.3 is 5.73 Å². The summed E-state index contributed by atoms with van der Waals surface area (Å²) in [5, 5.41) is 0.327. The fourth-order valence-corrected chi connectivity index (χ4v) is 6.26. The summed E-state index contributed by atoms with van der Waals surface area (Å²) < 4.78 is 29.1. The molecule has 0 aliphatic rings. The molecule has 21 heavy (non-hydrogen) atoms. The average Bonchev–Trinajstić information content (AvgIpc) is 2.30. The number of sulfonamides is 1. The number of benzene rings is 2. The molecule has 0 saturated heterocycles. The number of anilines is 2. The molecule has 0 aliphatic heterocycles. The van der Waals surface area contributed by atoms with Gasteiger partial charge in [-0.05, 0) is 84.8 Å². The molecule has 4 nitrogen and oxygen atoms in total. The normalized spacial score (nSPS) is 11.4. The molecule has 2 aromatic carbocycles. The number of halogens is 4. The van der Waals surface area contributed by atoms with E-state index in [2.05, 4.69) is 59.2 Å². The highest BCUT2D eigenvalue weighted by molar-refractivity contribution is 14.1. The summed E-state index contributed by atoms with van der Waals surface area (Å²) in [6, 6.07) is 8.09. The Morgan fingerprint density at radius 2 is 1.71 bits per heavy atom. The van der Waals surface area contributed by atoms with E-state index in [1.807, 2.05) is 0 Å². The van der Waals surface area contributed by atoms with Gasteiger partial charge in [0.1, 0.15) is 4.90 Å². The van der Waals surface area contributed by atoms with E-state index in [0.29, 0.717) is 25.3 Å². The lowest BCUT2D eigenvalue weighted by Crippen LogP contribution is -2.15. The molecule has 0 fully saturated rings. The lowest BCUT2D eigenvalue weighted by Gasteiger charge is -2.13. The Hall–Kier alpha value is -0.0300. The number of hydrogen-bond acceptors (Lipinski definition) is 3. The standard InChI is InChI=1S/C12H8Br2ClIN2O2S/c13-8-4-7(17)5-9(14)12(8)21(19,20)18-11-2-1-6(16)3-10(11)15/h1-5,18H,17H2. The van der Waals surface area contributed by atoms with Crippen LogP contribution in [0.15, 0.2) is 44.2 Å². The van der Waals surface area contributed by atoms with E-state index in [4.69, 9.17) is 17.3 Å². The second-order valence-corrected chi connectivity index (χ2v) is 9.02. The number of nitrogens with one attached hydrogen (secondary N) is 1. The van der Waals surface area contributed by atoms with Gasteiger partial charge in [0.05, 0.1) is 10.7 Å². The van der Waals surface area contributed by atoms with Gasteiger partial charge in [-0.15, -0.1) is 0 Å². The van der Waals surface area contributed by atoms with Crippen molar-refractivity contribution in [3.05, 3.63) is 47.9 Å². The zero-order valence-electron chi connectivity index (χ0n) is 10.2. The first-order chi connectivity index (χ1) is 9.70. The maximum atomic E-state index is 12.5. The van der Waals surface area contributed by atoms with E-state index in [0.717, 1.165) is 3.57 Å². The summed E-state index contributed by atoms with van der Waals surface area (Å²) in [7, 11) is -3.81. The second-order valence-electron chi connectivity index (χ2n) is 4.04. The first-order valence-electron chi connectivity index (χ1n) is 5.43. The summed E-state index contributed by atoms with van der Waals surface area (Å²) >= 11 is 14.6. The Kier molecular flexibility index (Phi) is 5.45. The van der Waals surface area contributed by atoms with Crippen molar-refractivity contribution in [2.75, 3.05) is 10.5 Å². The van der Waals surface area contributed by atoms with Crippen molar-refractivity contribution in [1.82, 2.24) is 0 Å². The molecule has 0 amide bonds. The van der Waals surface area contributed by atoms with Crippen LogP contribution in [0.5, 0.6) is 0 Å². The Morgan fingerprint density at radius 1 is 1.14 bits per heavy atom. The molecule has 0 spiro atoms. The van der Waals surface area contributed by atoms with Gasteiger partial charge >= 0.3 is 0 Å². The maximum absolute atomic E-state index is 12.5. The minimum absolute atomic E-state index is 0.0614. The Labute approximate surface area is 157 Å². The van der Waals surface area contributed by atoms with Gasteiger partial charge in [-0.1, -0.05) is 11.6 Å². The Morgan fingerprint density at radius 3 is 2.24 bits per heavy atom. The average molecular weight is 566 g/mol. The molecule has 0 aromatic heterocycles. The molecule has 0 bridgehead atoms. The predicted octanol–water partition coefficient (Wildman–Crippen LogP) is 4.85. The number of hydrogen-bond donors (Lipinski definition) is 2. The summed E-state index contributed by atoms with van der Waals surface area (Å²) in [5.74, 6) is 0. The third-order valence-electron chi connectivity index (χ3n) is 2.46. The molecule has 2 aromatic rings. The highest BCUT2D eigenvalue weighted by Crippen LogP contribution is 2.34. The predicted molar refractivity (Wildman–Crippen MR) is 101 cm³/mol. The molecule has 3 N–H and O–H groups in total. The van der Waals surface area contributed by atoms with E-state index in [-0.39, 0.29) is 4.90 Å². The van der Waals surface area contributed by atoms with E-state index in [9.17, 15) is 8.42 Å². The van der Waals surface area contributed by atoms with E-state index >= 15 is 0 Å². The number of nitrogens with two attached hydrogens (primary N) is 1. The summed E-state index contributed by atoms with van der Waals surface area (Å²) in [6.07, 6.45) is 0. The molecule has 0 aliphatic carbocycles. The van der Waals surface area contributed by atoms with Gasteiger partial charge in [0.15, 0.2) is 0 Å². The second kappa shape index (κ2) is 6.61. The lowest BCUT2D eigenvalue weighted by molar-refractivity contribution is 0.600. The molecule has 0 saturated carbocycles. The van der Waals surface area contributed by atoms with Crippen LogP contribution in [0.25, 0.3) is 0 Å². The van der Waals surface area contributed by atoms with Crippen LogP contribution in [-0.2, 0) is 10.0 Å². The minimum atomic E-state index is -3.81. The Bertz CT molecular complexity index is 792. The lowest BCUT2D eigenvalue weighted by atomic mass is 10.3. The van der Waals surface area contributed by atoms with Gasteiger partial charge in [-0.2, -0.15) is 0 Å². The van der Waals surface area contributed by atoms with Crippen molar-refractivity contribution in [1.29, 1.82) is 0 Å². The molecule has 9 heteroatoms. The van der Waals surface area contributed by atoms with E-state index in [1.165, 1.54) is 12.1 Å². The van der Waals surface area contributed by atoms with Crippen molar-refractivity contribution in [2.45, 2.75) is 4.90 Å². The highest BCUT2D eigenvalue weighted by Gasteiger charge is 2.22. The van der Waals surface area contributed by atoms with Crippen LogP contribution in [0.3, 0.4) is 0 Å². The Balaban J connectivity index is 2.48. The minimum Gasteiger partial charge on any atom is -0.399 e. The van der Waals surface area contributed by atoms with Gasteiger partial charge in [-0.3, -0.25) is 4.72 Å². The summed E-state index contributed by atoms with van der Waals surface area (Å²) in [5.41, 5.74) is 6.42. The third-order valence-corrected chi connectivity index (χ3v) is 6.69. The molecule has 0 unspecified atom stereocenters. The van der Waals surface area contributed by atoms with Crippen LogP contribution >= 0.6 is 66.1 Å². The molecule has 0 heterocycles. The highest BCUT2D eigenvalue weighted by atomic mass is 127. The molecular weight excluding hydrogens is 558 g/mol. The van der Waals surface area contributed by atoms with Crippen LogP contribution in [0.4, 0.5) is 11.4 Å². The van der Waals surface area contributed by atoms with Crippen LogP contribution in [-0.4, -0.2) is 8.42 Å². The third kappa shape index (κ3) is 4.04. The number of rotatable bonds is 3. The fraction of sp³-hybridized carbons (Fsp3) is 0. The monoisotopic (exact) mass is 564 g/mol. The largest absolute Gasteiger partial charge is 0.399 e. The summed E-state index contributed by atoms with van der Waals surface area (Å²) in [4.78, 5) is 0.0614. The first-order valence-corrected chi connectivity index (χ1v) is 9.95. The molecule has 0 atom stereocenters. The first kappa shape index (κ1) is 17.3. The van der Waals surface area contributed by atoms with Crippen LogP contribution in [0.1, 0.15) is 0 Å². The maximum Gasteiger partial charge on any atom is 0.264 e. The van der Waals surface area contributed by atoms with E-state index < -0.39 is 10.0 Å². The molecule has 2 rings (SSSR count). The van der Waals surface area contributed by atoms with E-state index in [1.54, 1.807) is 18.2 Å². The quantitative estimate of drug-likeness (QED) is 0.412. The van der Waals surface area contributed by atoms with Crippen LogP contribution in [0.2, 0.25) is 5.02 Å².